The zero-order valence-corrected chi connectivity index (χ0v) is 9.12. The molecule has 1 saturated heterocycles. The summed E-state index contributed by atoms with van der Waals surface area (Å²) >= 11 is 0. The van der Waals surface area contributed by atoms with Gasteiger partial charge >= 0.3 is 0 Å². The molecule has 0 aromatic rings. The Balaban J connectivity index is 1.80. The molecule has 0 aromatic heterocycles. The molecule has 1 N–H and O–H groups in total. The zero-order valence-electron chi connectivity index (χ0n) is 9.12. The van der Waals surface area contributed by atoms with Crippen LogP contribution in [0, 0.1) is 5.92 Å². The van der Waals surface area contributed by atoms with Gasteiger partial charge in [-0.2, -0.15) is 0 Å². The number of carbonyl (C=O) groups excluding carboxylic acids is 1. The Kier molecular flexibility index (Phi) is 2.77. The first-order valence-corrected chi connectivity index (χ1v) is 5.75. The number of rotatable bonds is 3. The maximum absolute atomic E-state index is 11.7. The van der Waals surface area contributed by atoms with Crippen molar-refractivity contribution in [3.8, 4) is 0 Å². The number of hydrogen-bond donors (Lipinski definition) is 1. The van der Waals surface area contributed by atoms with E-state index in [0.29, 0.717) is 0 Å². The van der Waals surface area contributed by atoms with E-state index >= 15 is 0 Å². The lowest BCUT2D eigenvalue weighted by Gasteiger charge is -2.29. The van der Waals surface area contributed by atoms with Crippen LogP contribution in [0.2, 0.25) is 0 Å². The molecule has 1 saturated carbocycles. The normalized spacial score (nSPS) is 33.6. The zero-order chi connectivity index (χ0) is 10.1. The lowest BCUT2D eigenvalue weighted by molar-refractivity contribution is -0.129. The molecule has 80 valence electrons. The molecular weight excluding hydrogens is 176 g/mol. The molecule has 1 aliphatic carbocycles. The van der Waals surface area contributed by atoms with E-state index in [1.165, 1.54) is 25.7 Å². The Morgan fingerprint density at radius 2 is 2.14 bits per heavy atom. The van der Waals surface area contributed by atoms with E-state index in [9.17, 15) is 4.79 Å². The highest BCUT2D eigenvalue weighted by molar-refractivity contribution is 5.83. The van der Waals surface area contributed by atoms with Gasteiger partial charge in [-0.05, 0) is 26.2 Å². The molecule has 1 aliphatic heterocycles. The van der Waals surface area contributed by atoms with Crippen molar-refractivity contribution in [2.75, 3.05) is 6.54 Å². The monoisotopic (exact) mass is 196 g/mol. The van der Waals surface area contributed by atoms with Crippen molar-refractivity contribution in [2.24, 2.45) is 5.92 Å². The van der Waals surface area contributed by atoms with Crippen LogP contribution in [0.25, 0.3) is 0 Å². The van der Waals surface area contributed by atoms with Crippen molar-refractivity contribution in [2.45, 2.75) is 51.7 Å². The largest absolute Gasteiger partial charge is 0.326 e. The van der Waals surface area contributed by atoms with Crippen LogP contribution in [0.3, 0.4) is 0 Å². The average molecular weight is 196 g/mol. The van der Waals surface area contributed by atoms with Crippen LogP contribution >= 0.6 is 0 Å². The molecule has 0 radical (unpaired) electrons. The third-order valence-corrected chi connectivity index (χ3v) is 3.62. The van der Waals surface area contributed by atoms with Crippen LogP contribution in [-0.4, -0.2) is 29.6 Å². The highest BCUT2D eigenvalue weighted by Crippen LogP contribution is 2.29. The van der Waals surface area contributed by atoms with Gasteiger partial charge in [-0.3, -0.25) is 10.1 Å². The fraction of sp³-hybridized carbons (Fsp3) is 0.909. The highest BCUT2D eigenvalue weighted by Gasteiger charge is 2.33. The van der Waals surface area contributed by atoms with Gasteiger partial charge in [-0.1, -0.05) is 19.3 Å². The van der Waals surface area contributed by atoms with E-state index < -0.39 is 0 Å². The van der Waals surface area contributed by atoms with Crippen LogP contribution in [0.4, 0.5) is 0 Å². The fourth-order valence-corrected chi connectivity index (χ4v) is 2.37. The first kappa shape index (κ1) is 9.97. The molecule has 3 heteroatoms. The summed E-state index contributed by atoms with van der Waals surface area (Å²) in [5.41, 5.74) is 0. The van der Waals surface area contributed by atoms with Crippen molar-refractivity contribution in [3.63, 3.8) is 0 Å². The molecule has 3 nitrogen and oxygen atoms in total. The Hall–Kier alpha value is -0.570. The summed E-state index contributed by atoms with van der Waals surface area (Å²) in [6.07, 6.45) is 5.57. The van der Waals surface area contributed by atoms with Crippen molar-refractivity contribution in [3.05, 3.63) is 0 Å². The summed E-state index contributed by atoms with van der Waals surface area (Å²) in [6.45, 7) is 4.96. The van der Waals surface area contributed by atoms with E-state index in [4.69, 9.17) is 0 Å². The topological polar surface area (TPSA) is 32.3 Å². The Bertz CT molecular complexity index is 225. The van der Waals surface area contributed by atoms with Gasteiger partial charge in [0.05, 0.1) is 12.2 Å². The van der Waals surface area contributed by atoms with E-state index in [1.807, 2.05) is 11.8 Å². The number of nitrogens with one attached hydrogen (secondary N) is 1. The molecule has 0 bridgehead atoms. The van der Waals surface area contributed by atoms with Gasteiger partial charge in [0.2, 0.25) is 5.91 Å². The second kappa shape index (κ2) is 3.89. The molecule has 2 aliphatic rings. The quantitative estimate of drug-likeness (QED) is 0.739. The first-order valence-electron chi connectivity index (χ1n) is 5.75. The van der Waals surface area contributed by atoms with Crippen molar-refractivity contribution < 1.29 is 4.79 Å². The van der Waals surface area contributed by atoms with Crippen molar-refractivity contribution in [1.29, 1.82) is 0 Å². The van der Waals surface area contributed by atoms with Crippen LogP contribution < -0.4 is 5.32 Å². The number of hydrogen-bond acceptors (Lipinski definition) is 2. The summed E-state index contributed by atoms with van der Waals surface area (Å²) in [7, 11) is 0. The molecule has 0 spiro atoms. The van der Waals surface area contributed by atoms with Gasteiger partial charge in [0.15, 0.2) is 0 Å². The van der Waals surface area contributed by atoms with Crippen molar-refractivity contribution in [1.82, 2.24) is 10.2 Å². The van der Waals surface area contributed by atoms with E-state index in [-0.39, 0.29) is 18.1 Å². The predicted molar refractivity (Wildman–Crippen MR) is 55.7 cm³/mol. The summed E-state index contributed by atoms with van der Waals surface area (Å²) in [5, 5.41) is 3.25. The Morgan fingerprint density at radius 3 is 2.57 bits per heavy atom. The summed E-state index contributed by atoms with van der Waals surface area (Å²) < 4.78 is 0. The third-order valence-electron chi connectivity index (χ3n) is 3.62. The molecule has 14 heavy (non-hydrogen) atoms. The standard InChI is InChI=1S/C11H20N2O/c1-8-11(14)13(9(2)12-8)7-6-10-4-3-5-10/h8-10,12H,3-7H2,1-2H3. The maximum Gasteiger partial charge on any atom is 0.240 e. The molecule has 0 aromatic carbocycles. The first-order chi connectivity index (χ1) is 6.68. The molecule has 2 unspecified atom stereocenters. The van der Waals surface area contributed by atoms with Crippen molar-refractivity contribution >= 4 is 5.91 Å². The smallest absolute Gasteiger partial charge is 0.240 e. The lowest BCUT2D eigenvalue weighted by atomic mass is 9.83. The van der Waals surface area contributed by atoms with Gasteiger partial charge in [0.25, 0.3) is 0 Å². The molecule has 1 amide bonds. The average Bonchev–Trinajstić information content (AvgIpc) is 2.28. The van der Waals surface area contributed by atoms with Gasteiger partial charge in [0, 0.05) is 6.54 Å². The molecular formula is C11H20N2O. The third kappa shape index (κ3) is 1.78. The van der Waals surface area contributed by atoms with Crippen LogP contribution in [-0.2, 0) is 4.79 Å². The van der Waals surface area contributed by atoms with Crippen LogP contribution in [0.15, 0.2) is 0 Å². The summed E-state index contributed by atoms with van der Waals surface area (Å²) in [5.74, 6) is 1.17. The SMILES string of the molecule is CC1NC(C)N(CCC2CCC2)C1=O. The molecule has 2 fully saturated rings. The fourth-order valence-electron chi connectivity index (χ4n) is 2.37. The van der Waals surface area contributed by atoms with Gasteiger partial charge in [0.1, 0.15) is 0 Å². The van der Waals surface area contributed by atoms with Crippen LogP contribution in [0.5, 0.6) is 0 Å². The van der Waals surface area contributed by atoms with Crippen LogP contribution in [0.1, 0.15) is 39.5 Å². The number of amides is 1. The van der Waals surface area contributed by atoms with E-state index in [0.717, 1.165) is 12.5 Å². The van der Waals surface area contributed by atoms with Gasteiger partial charge in [-0.15, -0.1) is 0 Å². The van der Waals surface area contributed by atoms with Gasteiger partial charge in [-0.25, -0.2) is 0 Å². The summed E-state index contributed by atoms with van der Waals surface area (Å²) in [4.78, 5) is 13.7. The van der Waals surface area contributed by atoms with E-state index in [2.05, 4.69) is 12.2 Å². The second-order valence-corrected chi connectivity index (χ2v) is 4.68. The second-order valence-electron chi connectivity index (χ2n) is 4.68. The maximum atomic E-state index is 11.7. The number of carbonyl (C=O) groups is 1. The van der Waals surface area contributed by atoms with Gasteiger partial charge < -0.3 is 4.90 Å². The highest BCUT2D eigenvalue weighted by atomic mass is 16.2. The number of nitrogens with zero attached hydrogens (tertiary/aromatic N) is 1. The Labute approximate surface area is 85.8 Å². The molecule has 2 rings (SSSR count). The van der Waals surface area contributed by atoms with E-state index in [1.54, 1.807) is 0 Å². The predicted octanol–water partition coefficient (Wildman–Crippen LogP) is 1.34. The minimum atomic E-state index is 0.0198. The lowest BCUT2D eigenvalue weighted by Crippen LogP contribution is -2.36. The minimum Gasteiger partial charge on any atom is -0.326 e. The molecule has 2 atom stereocenters. The molecule has 1 heterocycles. The summed E-state index contributed by atoms with van der Waals surface area (Å²) in [6, 6.07) is 0.0198. The Morgan fingerprint density at radius 1 is 1.43 bits per heavy atom. The minimum absolute atomic E-state index is 0.0198.